The maximum Gasteiger partial charge on any atom is 0.295 e. The van der Waals surface area contributed by atoms with Crippen LogP contribution in [0.4, 0.5) is 0 Å². The van der Waals surface area contributed by atoms with Crippen molar-refractivity contribution in [3.05, 3.63) is 89.5 Å². The largest absolute Gasteiger partial charge is 0.507 e. The Morgan fingerprint density at radius 2 is 1.76 bits per heavy atom. The van der Waals surface area contributed by atoms with Crippen LogP contribution in [-0.2, 0) is 9.59 Å². The number of aryl methyl sites for hydroxylation is 1. The molecule has 0 unspecified atom stereocenters. The van der Waals surface area contributed by atoms with Crippen molar-refractivity contribution < 1.29 is 14.7 Å². The van der Waals surface area contributed by atoms with Gasteiger partial charge in [-0.05, 0) is 12.5 Å². The molecule has 2 aromatic carbocycles. The van der Waals surface area contributed by atoms with Crippen LogP contribution in [-0.4, -0.2) is 28.2 Å². The van der Waals surface area contributed by atoms with E-state index < -0.39 is 17.7 Å². The van der Waals surface area contributed by atoms with E-state index in [1.54, 1.807) is 18.2 Å². The standard InChI is InChI=1S/C21H19NO3/c1-3-13-22-18(15-7-5-4-6-8-15)17(20(24)21(22)25)19(23)16-11-9-14(2)10-12-16/h3-12,18,23H,1,13H2,2H3/b19-17+/t18-/m1/s1. The molecule has 0 aliphatic carbocycles. The number of benzene rings is 2. The van der Waals surface area contributed by atoms with E-state index >= 15 is 0 Å². The van der Waals surface area contributed by atoms with Gasteiger partial charge in [0.05, 0.1) is 11.6 Å². The van der Waals surface area contributed by atoms with Crippen LogP contribution in [0.2, 0.25) is 0 Å². The SMILES string of the molecule is C=CCN1C(=O)C(=O)/C(=C(/O)c2ccc(C)cc2)[C@H]1c1ccccc1. The first-order chi connectivity index (χ1) is 12.0. The molecule has 25 heavy (non-hydrogen) atoms. The zero-order chi connectivity index (χ0) is 18.0. The average molecular weight is 333 g/mol. The van der Waals surface area contributed by atoms with E-state index in [-0.39, 0.29) is 17.9 Å². The molecular formula is C21H19NO3. The minimum absolute atomic E-state index is 0.113. The van der Waals surface area contributed by atoms with Gasteiger partial charge in [0.25, 0.3) is 11.7 Å². The van der Waals surface area contributed by atoms with Gasteiger partial charge in [-0.3, -0.25) is 9.59 Å². The van der Waals surface area contributed by atoms with E-state index in [0.717, 1.165) is 11.1 Å². The van der Waals surface area contributed by atoms with E-state index in [9.17, 15) is 14.7 Å². The van der Waals surface area contributed by atoms with Gasteiger partial charge < -0.3 is 10.0 Å². The molecule has 1 N–H and O–H groups in total. The highest BCUT2D eigenvalue weighted by atomic mass is 16.3. The van der Waals surface area contributed by atoms with Gasteiger partial charge in [0.15, 0.2) is 0 Å². The van der Waals surface area contributed by atoms with Gasteiger partial charge in [-0.15, -0.1) is 6.58 Å². The molecule has 0 aromatic heterocycles. The summed E-state index contributed by atoms with van der Waals surface area (Å²) in [5.74, 6) is -1.45. The molecule has 1 amide bonds. The quantitative estimate of drug-likeness (QED) is 0.402. The van der Waals surface area contributed by atoms with Gasteiger partial charge in [0.1, 0.15) is 5.76 Å². The van der Waals surface area contributed by atoms with E-state index in [1.807, 2.05) is 49.4 Å². The number of rotatable bonds is 4. The second-order valence-corrected chi connectivity index (χ2v) is 6.02. The Bertz CT molecular complexity index is 850. The Morgan fingerprint density at radius 3 is 2.36 bits per heavy atom. The lowest BCUT2D eigenvalue weighted by Crippen LogP contribution is -2.29. The number of ketones is 1. The second kappa shape index (κ2) is 6.77. The third-order valence-corrected chi connectivity index (χ3v) is 4.31. The molecule has 0 spiro atoms. The molecule has 126 valence electrons. The van der Waals surface area contributed by atoms with E-state index in [1.165, 1.54) is 4.90 Å². The predicted molar refractivity (Wildman–Crippen MR) is 96.8 cm³/mol. The predicted octanol–water partition coefficient (Wildman–Crippen LogP) is 3.60. The lowest BCUT2D eigenvalue weighted by atomic mass is 9.95. The number of hydrogen-bond donors (Lipinski definition) is 1. The van der Waals surface area contributed by atoms with Crippen LogP contribution in [0, 0.1) is 6.92 Å². The number of Topliss-reactive ketones (excluding diaryl/α,β-unsaturated/α-hetero) is 1. The van der Waals surface area contributed by atoms with E-state index in [0.29, 0.717) is 5.56 Å². The minimum Gasteiger partial charge on any atom is -0.507 e. The highest BCUT2D eigenvalue weighted by Crippen LogP contribution is 2.39. The third-order valence-electron chi connectivity index (χ3n) is 4.31. The molecule has 1 aliphatic heterocycles. The zero-order valence-electron chi connectivity index (χ0n) is 14.0. The number of carbonyl (C=O) groups excluding carboxylic acids is 2. The van der Waals surface area contributed by atoms with Gasteiger partial charge in [0.2, 0.25) is 0 Å². The summed E-state index contributed by atoms with van der Waals surface area (Å²) in [6.07, 6.45) is 1.58. The number of nitrogens with zero attached hydrogens (tertiary/aromatic N) is 1. The van der Waals surface area contributed by atoms with Crippen LogP contribution in [0.1, 0.15) is 22.7 Å². The first kappa shape index (κ1) is 16.7. The number of aliphatic hydroxyl groups is 1. The van der Waals surface area contributed by atoms with Crippen molar-refractivity contribution in [3.8, 4) is 0 Å². The van der Waals surface area contributed by atoms with Crippen molar-refractivity contribution in [3.63, 3.8) is 0 Å². The van der Waals surface area contributed by atoms with Crippen molar-refractivity contribution >= 4 is 17.4 Å². The first-order valence-corrected chi connectivity index (χ1v) is 8.06. The fourth-order valence-electron chi connectivity index (χ4n) is 3.06. The molecule has 1 heterocycles. The topological polar surface area (TPSA) is 57.6 Å². The molecule has 0 saturated carbocycles. The number of carbonyl (C=O) groups is 2. The van der Waals surface area contributed by atoms with Gasteiger partial charge in [-0.2, -0.15) is 0 Å². The molecule has 1 saturated heterocycles. The maximum atomic E-state index is 12.6. The van der Waals surface area contributed by atoms with Crippen LogP contribution < -0.4 is 0 Å². The summed E-state index contributed by atoms with van der Waals surface area (Å²) in [6, 6.07) is 15.8. The number of likely N-dealkylation sites (tertiary alicyclic amines) is 1. The Balaban J connectivity index is 2.19. The average Bonchev–Trinajstić information content (AvgIpc) is 2.88. The van der Waals surface area contributed by atoms with Gasteiger partial charge in [0, 0.05) is 12.1 Å². The number of hydrogen-bond acceptors (Lipinski definition) is 3. The van der Waals surface area contributed by atoms with Crippen molar-refractivity contribution in [2.75, 3.05) is 6.54 Å². The highest BCUT2D eigenvalue weighted by Gasteiger charge is 2.45. The van der Waals surface area contributed by atoms with Crippen LogP contribution >= 0.6 is 0 Å². The fraction of sp³-hybridized carbons (Fsp3) is 0.143. The van der Waals surface area contributed by atoms with Gasteiger partial charge >= 0.3 is 0 Å². The summed E-state index contributed by atoms with van der Waals surface area (Å²) in [4.78, 5) is 26.5. The Morgan fingerprint density at radius 1 is 1.12 bits per heavy atom. The van der Waals surface area contributed by atoms with Crippen molar-refractivity contribution in [2.24, 2.45) is 0 Å². The van der Waals surface area contributed by atoms with Crippen LogP contribution in [0.3, 0.4) is 0 Å². The monoisotopic (exact) mass is 333 g/mol. The molecule has 4 nitrogen and oxygen atoms in total. The Kier molecular flexibility index (Phi) is 4.52. The Labute approximate surface area is 146 Å². The van der Waals surface area contributed by atoms with Crippen molar-refractivity contribution in [2.45, 2.75) is 13.0 Å². The van der Waals surface area contributed by atoms with E-state index in [2.05, 4.69) is 6.58 Å². The van der Waals surface area contributed by atoms with Crippen molar-refractivity contribution in [1.82, 2.24) is 4.90 Å². The number of aliphatic hydroxyl groups excluding tert-OH is 1. The molecule has 1 aliphatic rings. The summed E-state index contributed by atoms with van der Waals surface area (Å²) in [5.41, 5.74) is 2.45. The van der Waals surface area contributed by atoms with Gasteiger partial charge in [-0.25, -0.2) is 0 Å². The molecule has 4 heteroatoms. The molecule has 0 bridgehead atoms. The minimum atomic E-state index is -0.672. The molecule has 1 fully saturated rings. The molecule has 0 radical (unpaired) electrons. The lowest BCUT2D eigenvalue weighted by Gasteiger charge is -2.24. The highest BCUT2D eigenvalue weighted by molar-refractivity contribution is 6.46. The van der Waals surface area contributed by atoms with Crippen LogP contribution in [0.5, 0.6) is 0 Å². The molecule has 1 atom stereocenters. The zero-order valence-corrected chi connectivity index (χ0v) is 14.0. The smallest absolute Gasteiger partial charge is 0.295 e. The fourth-order valence-corrected chi connectivity index (χ4v) is 3.06. The second-order valence-electron chi connectivity index (χ2n) is 6.02. The molecular weight excluding hydrogens is 314 g/mol. The first-order valence-electron chi connectivity index (χ1n) is 8.06. The number of amides is 1. The van der Waals surface area contributed by atoms with Crippen LogP contribution in [0.25, 0.3) is 5.76 Å². The molecule has 2 aromatic rings. The summed E-state index contributed by atoms with van der Waals surface area (Å²) in [7, 11) is 0. The molecule has 3 rings (SSSR count). The van der Waals surface area contributed by atoms with Gasteiger partial charge in [-0.1, -0.05) is 66.2 Å². The Hall–Kier alpha value is -3.14. The summed E-state index contributed by atoms with van der Waals surface area (Å²) in [6.45, 7) is 5.84. The van der Waals surface area contributed by atoms with Crippen molar-refractivity contribution in [1.29, 1.82) is 0 Å². The third kappa shape index (κ3) is 2.98. The maximum absolute atomic E-state index is 12.6. The lowest BCUT2D eigenvalue weighted by molar-refractivity contribution is -0.139. The summed E-state index contributed by atoms with van der Waals surface area (Å²) in [5, 5.41) is 10.8. The summed E-state index contributed by atoms with van der Waals surface area (Å²) < 4.78 is 0. The van der Waals surface area contributed by atoms with Crippen LogP contribution in [0.15, 0.2) is 72.8 Å². The summed E-state index contributed by atoms with van der Waals surface area (Å²) >= 11 is 0. The normalized spacial score (nSPS) is 19.2. The van der Waals surface area contributed by atoms with E-state index in [4.69, 9.17) is 0 Å².